The number of rotatable bonds is 4. The molecule has 2 rings (SSSR count). The molecule has 0 radical (unpaired) electrons. The summed E-state index contributed by atoms with van der Waals surface area (Å²) in [5.74, 6) is 1.76. The van der Waals surface area contributed by atoms with Crippen LogP contribution in [0.4, 0.5) is 0 Å². The Kier molecular flexibility index (Phi) is 3.80. The summed E-state index contributed by atoms with van der Waals surface area (Å²) in [6.45, 7) is 3.08. The Morgan fingerprint density at radius 2 is 2.19 bits per heavy atom. The Morgan fingerprint density at radius 1 is 1.50 bits per heavy atom. The standard InChI is InChI=1S/C12H22N2OS/c1-14(7-8-16-2)11(15)10-9-12(10)3-5-13-6-4-12/h10,13H,3-9H2,1-2H3. The predicted octanol–water partition coefficient (Wildman–Crippen LogP) is 1.20. The fraction of sp³-hybridized carbons (Fsp3) is 0.917. The van der Waals surface area contributed by atoms with Crippen LogP contribution < -0.4 is 5.32 Å². The number of nitrogens with one attached hydrogen (secondary N) is 1. The summed E-state index contributed by atoms with van der Waals surface area (Å²) >= 11 is 1.80. The lowest BCUT2D eigenvalue weighted by Gasteiger charge is -2.25. The summed E-state index contributed by atoms with van der Waals surface area (Å²) in [6, 6.07) is 0. The van der Waals surface area contributed by atoms with Crippen molar-refractivity contribution >= 4 is 17.7 Å². The van der Waals surface area contributed by atoms with Crippen molar-refractivity contribution in [2.24, 2.45) is 11.3 Å². The summed E-state index contributed by atoms with van der Waals surface area (Å²) < 4.78 is 0. The SMILES string of the molecule is CSCCN(C)C(=O)C1CC12CCNCC2. The van der Waals surface area contributed by atoms with E-state index in [1.165, 1.54) is 12.8 Å². The molecule has 1 atom stereocenters. The highest BCUT2D eigenvalue weighted by atomic mass is 32.2. The number of hydrogen-bond acceptors (Lipinski definition) is 3. The average Bonchev–Trinajstić information content (AvgIpc) is 2.99. The van der Waals surface area contributed by atoms with Gasteiger partial charge in [0.15, 0.2) is 0 Å². The van der Waals surface area contributed by atoms with Gasteiger partial charge in [0.2, 0.25) is 5.91 Å². The van der Waals surface area contributed by atoms with Crippen LogP contribution in [0.25, 0.3) is 0 Å². The third-order valence-electron chi connectivity index (χ3n) is 4.09. The molecule has 1 saturated carbocycles. The van der Waals surface area contributed by atoms with Crippen LogP contribution in [0.3, 0.4) is 0 Å². The van der Waals surface area contributed by atoms with Gasteiger partial charge in [0, 0.05) is 25.3 Å². The first kappa shape index (κ1) is 12.2. The quantitative estimate of drug-likeness (QED) is 0.804. The lowest BCUT2D eigenvalue weighted by molar-refractivity contribution is -0.132. The first-order valence-corrected chi connectivity index (χ1v) is 7.54. The van der Waals surface area contributed by atoms with E-state index in [1.54, 1.807) is 11.8 Å². The molecule has 0 bridgehead atoms. The number of carbonyl (C=O) groups is 1. The predicted molar refractivity (Wildman–Crippen MR) is 68.7 cm³/mol. The van der Waals surface area contributed by atoms with Crippen molar-refractivity contribution in [1.82, 2.24) is 10.2 Å². The summed E-state index contributed by atoms with van der Waals surface area (Å²) in [6.07, 6.45) is 5.61. The van der Waals surface area contributed by atoms with E-state index in [2.05, 4.69) is 11.6 Å². The molecule has 2 aliphatic rings. The minimum absolute atomic E-state index is 0.335. The molecule has 1 amide bonds. The van der Waals surface area contributed by atoms with Crippen molar-refractivity contribution in [3.8, 4) is 0 Å². The first-order valence-electron chi connectivity index (χ1n) is 6.14. The zero-order chi connectivity index (χ0) is 11.6. The van der Waals surface area contributed by atoms with Gasteiger partial charge >= 0.3 is 0 Å². The van der Waals surface area contributed by atoms with Gasteiger partial charge in [0.05, 0.1) is 0 Å². The highest BCUT2D eigenvalue weighted by Gasteiger charge is 2.58. The van der Waals surface area contributed by atoms with Gasteiger partial charge in [-0.25, -0.2) is 0 Å². The number of hydrogen-bond donors (Lipinski definition) is 1. The molecule has 4 heteroatoms. The van der Waals surface area contributed by atoms with E-state index >= 15 is 0 Å². The maximum absolute atomic E-state index is 12.2. The van der Waals surface area contributed by atoms with Crippen LogP contribution in [0, 0.1) is 11.3 Å². The Hall–Kier alpha value is -0.220. The summed E-state index contributed by atoms with van der Waals surface area (Å²) in [7, 11) is 1.95. The molecule has 1 N–H and O–H groups in total. The summed E-state index contributed by atoms with van der Waals surface area (Å²) in [4.78, 5) is 14.1. The van der Waals surface area contributed by atoms with Crippen LogP contribution in [0.1, 0.15) is 19.3 Å². The van der Waals surface area contributed by atoms with Crippen LogP contribution in [0.15, 0.2) is 0 Å². The van der Waals surface area contributed by atoms with Gasteiger partial charge < -0.3 is 10.2 Å². The second-order valence-electron chi connectivity index (χ2n) is 5.12. The second-order valence-corrected chi connectivity index (χ2v) is 6.11. The number of amides is 1. The number of carbonyl (C=O) groups excluding carboxylic acids is 1. The molecule has 1 spiro atoms. The van der Waals surface area contributed by atoms with Crippen LogP contribution in [-0.2, 0) is 4.79 Å². The monoisotopic (exact) mass is 242 g/mol. The molecule has 92 valence electrons. The third-order valence-corrected chi connectivity index (χ3v) is 4.69. The van der Waals surface area contributed by atoms with E-state index in [0.717, 1.165) is 31.8 Å². The minimum atomic E-state index is 0.335. The van der Waals surface area contributed by atoms with Crippen molar-refractivity contribution < 1.29 is 4.79 Å². The van der Waals surface area contributed by atoms with E-state index in [9.17, 15) is 4.79 Å². The van der Waals surface area contributed by atoms with Crippen molar-refractivity contribution in [3.05, 3.63) is 0 Å². The Labute approximate surface area is 102 Å². The molecule has 16 heavy (non-hydrogen) atoms. The lowest BCUT2D eigenvalue weighted by atomic mass is 9.91. The van der Waals surface area contributed by atoms with E-state index < -0.39 is 0 Å². The van der Waals surface area contributed by atoms with Crippen molar-refractivity contribution in [3.63, 3.8) is 0 Å². The summed E-state index contributed by atoms with van der Waals surface area (Å²) in [5, 5.41) is 3.38. The fourth-order valence-corrected chi connectivity index (χ4v) is 3.23. The maximum atomic E-state index is 12.2. The van der Waals surface area contributed by atoms with Gasteiger partial charge in [0.1, 0.15) is 0 Å². The van der Waals surface area contributed by atoms with Crippen LogP contribution in [0.5, 0.6) is 0 Å². The summed E-state index contributed by atoms with van der Waals surface area (Å²) in [5.41, 5.74) is 0.385. The zero-order valence-electron chi connectivity index (χ0n) is 10.3. The van der Waals surface area contributed by atoms with E-state index in [4.69, 9.17) is 0 Å². The van der Waals surface area contributed by atoms with Crippen molar-refractivity contribution in [2.75, 3.05) is 38.7 Å². The first-order chi connectivity index (χ1) is 7.69. The molecular formula is C12H22N2OS. The second kappa shape index (κ2) is 4.96. The molecule has 0 aromatic rings. The molecule has 1 aliphatic carbocycles. The van der Waals surface area contributed by atoms with Crippen LogP contribution >= 0.6 is 11.8 Å². The van der Waals surface area contributed by atoms with Crippen LogP contribution in [0.2, 0.25) is 0 Å². The van der Waals surface area contributed by atoms with E-state index in [-0.39, 0.29) is 0 Å². The highest BCUT2D eigenvalue weighted by molar-refractivity contribution is 7.98. The van der Waals surface area contributed by atoms with E-state index in [1.807, 2.05) is 11.9 Å². The maximum Gasteiger partial charge on any atom is 0.226 e. The van der Waals surface area contributed by atoms with Crippen molar-refractivity contribution in [1.29, 1.82) is 0 Å². The molecule has 0 aromatic heterocycles. The Balaban J connectivity index is 1.83. The van der Waals surface area contributed by atoms with E-state index in [0.29, 0.717) is 17.2 Å². The largest absolute Gasteiger partial charge is 0.345 e. The third kappa shape index (κ3) is 2.38. The van der Waals surface area contributed by atoms with Gasteiger partial charge in [-0.05, 0) is 44.0 Å². The fourth-order valence-electron chi connectivity index (χ4n) is 2.78. The average molecular weight is 242 g/mol. The molecule has 3 nitrogen and oxygen atoms in total. The lowest BCUT2D eigenvalue weighted by Crippen LogP contribution is -2.35. The molecule has 0 aromatic carbocycles. The van der Waals surface area contributed by atoms with Gasteiger partial charge in [0.25, 0.3) is 0 Å². The number of thioether (sulfide) groups is 1. The zero-order valence-corrected chi connectivity index (χ0v) is 11.1. The molecule has 1 saturated heterocycles. The number of piperidine rings is 1. The number of nitrogens with zero attached hydrogens (tertiary/aromatic N) is 1. The molecule has 2 fully saturated rings. The Bertz CT molecular complexity index is 264. The molecule has 1 unspecified atom stereocenters. The molecule has 1 aliphatic heterocycles. The molecule has 1 heterocycles. The topological polar surface area (TPSA) is 32.3 Å². The smallest absolute Gasteiger partial charge is 0.226 e. The Morgan fingerprint density at radius 3 is 2.81 bits per heavy atom. The molecular weight excluding hydrogens is 220 g/mol. The van der Waals surface area contributed by atoms with Gasteiger partial charge in [-0.3, -0.25) is 4.79 Å². The van der Waals surface area contributed by atoms with Crippen molar-refractivity contribution in [2.45, 2.75) is 19.3 Å². The van der Waals surface area contributed by atoms with Gasteiger partial charge in [-0.2, -0.15) is 11.8 Å². The van der Waals surface area contributed by atoms with Crippen LogP contribution in [-0.4, -0.2) is 49.5 Å². The normalized spacial score (nSPS) is 26.8. The van der Waals surface area contributed by atoms with Gasteiger partial charge in [-0.1, -0.05) is 0 Å². The van der Waals surface area contributed by atoms with Gasteiger partial charge in [-0.15, -0.1) is 0 Å². The highest BCUT2D eigenvalue weighted by Crippen LogP contribution is 2.59. The minimum Gasteiger partial charge on any atom is -0.345 e.